The second-order valence-corrected chi connectivity index (χ2v) is 4.74. The van der Waals surface area contributed by atoms with E-state index in [1.807, 2.05) is 0 Å². The molecule has 0 heteroatoms. The SMILES string of the molecule is CCc1ccccc1CCc1ccccc1CC. The summed E-state index contributed by atoms with van der Waals surface area (Å²) in [6, 6.07) is 17.6. The van der Waals surface area contributed by atoms with Gasteiger partial charge in [-0.1, -0.05) is 62.4 Å². The van der Waals surface area contributed by atoms with Crippen molar-refractivity contribution in [2.24, 2.45) is 0 Å². The molecule has 0 saturated heterocycles. The summed E-state index contributed by atoms with van der Waals surface area (Å²) in [5, 5.41) is 0. The molecule has 0 nitrogen and oxygen atoms in total. The van der Waals surface area contributed by atoms with Crippen molar-refractivity contribution in [1.29, 1.82) is 0 Å². The second-order valence-electron chi connectivity index (χ2n) is 4.74. The first kappa shape index (κ1) is 12.9. The molecule has 0 aliphatic rings. The fraction of sp³-hybridized carbons (Fsp3) is 0.333. The monoisotopic (exact) mass is 238 g/mol. The summed E-state index contributed by atoms with van der Waals surface area (Å²) < 4.78 is 0. The third kappa shape index (κ3) is 3.01. The molecule has 0 N–H and O–H groups in total. The Morgan fingerprint density at radius 1 is 0.556 bits per heavy atom. The Morgan fingerprint density at radius 2 is 0.889 bits per heavy atom. The van der Waals surface area contributed by atoms with Gasteiger partial charge in [-0.3, -0.25) is 0 Å². The third-order valence-corrected chi connectivity index (χ3v) is 3.66. The van der Waals surface area contributed by atoms with Crippen LogP contribution in [0.1, 0.15) is 36.1 Å². The molecule has 0 radical (unpaired) electrons. The van der Waals surface area contributed by atoms with Crippen LogP contribution in [0.25, 0.3) is 0 Å². The Labute approximate surface area is 111 Å². The van der Waals surface area contributed by atoms with E-state index in [1.54, 1.807) is 0 Å². The van der Waals surface area contributed by atoms with E-state index in [1.165, 1.54) is 22.3 Å². The van der Waals surface area contributed by atoms with Crippen LogP contribution >= 0.6 is 0 Å². The van der Waals surface area contributed by atoms with Gasteiger partial charge in [0.1, 0.15) is 0 Å². The van der Waals surface area contributed by atoms with Crippen LogP contribution in [0.4, 0.5) is 0 Å². The van der Waals surface area contributed by atoms with E-state index in [0.717, 1.165) is 25.7 Å². The highest BCUT2D eigenvalue weighted by Gasteiger charge is 2.03. The topological polar surface area (TPSA) is 0 Å². The minimum atomic E-state index is 1.13. The van der Waals surface area contributed by atoms with Crippen molar-refractivity contribution in [2.75, 3.05) is 0 Å². The summed E-state index contributed by atoms with van der Waals surface area (Å²) in [6.45, 7) is 4.47. The lowest BCUT2D eigenvalue weighted by Gasteiger charge is -2.10. The minimum Gasteiger partial charge on any atom is -0.0620 e. The molecule has 0 fully saturated rings. The molecule has 0 bridgehead atoms. The van der Waals surface area contributed by atoms with Crippen molar-refractivity contribution in [2.45, 2.75) is 39.5 Å². The van der Waals surface area contributed by atoms with E-state index >= 15 is 0 Å². The maximum atomic E-state index is 2.27. The predicted molar refractivity (Wildman–Crippen MR) is 79.0 cm³/mol. The highest BCUT2D eigenvalue weighted by molar-refractivity contribution is 5.31. The molecule has 0 amide bonds. The lowest BCUT2D eigenvalue weighted by Crippen LogP contribution is -1.98. The van der Waals surface area contributed by atoms with Crippen LogP contribution in [0.3, 0.4) is 0 Å². The zero-order chi connectivity index (χ0) is 12.8. The molecule has 18 heavy (non-hydrogen) atoms. The summed E-state index contributed by atoms with van der Waals surface area (Å²) >= 11 is 0. The second kappa shape index (κ2) is 6.39. The van der Waals surface area contributed by atoms with Crippen molar-refractivity contribution >= 4 is 0 Å². The van der Waals surface area contributed by atoms with Crippen molar-refractivity contribution in [3.8, 4) is 0 Å². The third-order valence-electron chi connectivity index (χ3n) is 3.66. The number of benzene rings is 2. The van der Waals surface area contributed by atoms with Gasteiger partial charge in [0, 0.05) is 0 Å². The standard InChI is InChI=1S/C18H22/c1-3-15-9-5-7-11-17(15)13-14-18-12-8-6-10-16(18)4-2/h5-12H,3-4,13-14H2,1-2H3. The zero-order valence-corrected chi connectivity index (χ0v) is 11.4. The minimum absolute atomic E-state index is 1.13. The van der Waals surface area contributed by atoms with Gasteiger partial charge in [-0.25, -0.2) is 0 Å². The van der Waals surface area contributed by atoms with Crippen molar-refractivity contribution < 1.29 is 0 Å². The fourth-order valence-corrected chi connectivity index (χ4v) is 2.56. The van der Waals surface area contributed by atoms with Crippen LogP contribution in [-0.4, -0.2) is 0 Å². The summed E-state index contributed by atoms with van der Waals surface area (Å²) in [5.41, 5.74) is 6.00. The molecular weight excluding hydrogens is 216 g/mol. The number of rotatable bonds is 5. The van der Waals surface area contributed by atoms with Gasteiger partial charge in [0.25, 0.3) is 0 Å². The largest absolute Gasteiger partial charge is 0.0620 e. The van der Waals surface area contributed by atoms with E-state index < -0.39 is 0 Å². The highest BCUT2D eigenvalue weighted by atomic mass is 14.1. The molecule has 0 heterocycles. The molecule has 0 spiro atoms. The van der Waals surface area contributed by atoms with Crippen LogP contribution in [0.2, 0.25) is 0 Å². The smallest absolute Gasteiger partial charge is 0.0235 e. The van der Waals surface area contributed by atoms with Gasteiger partial charge in [0.2, 0.25) is 0 Å². The first-order valence-corrected chi connectivity index (χ1v) is 6.98. The van der Waals surface area contributed by atoms with E-state index in [4.69, 9.17) is 0 Å². The van der Waals surface area contributed by atoms with Crippen LogP contribution in [-0.2, 0) is 25.7 Å². The average Bonchev–Trinajstić information content (AvgIpc) is 2.45. The number of aryl methyl sites for hydroxylation is 4. The van der Waals surface area contributed by atoms with Gasteiger partial charge >= 0.3 is 0 Å². The lowest BCUT2D eigenvalue weighted by molar-refractivity contribution is 0.910. The Morgan fingerprint density at radius 3 is 1.22 bits per heavy atom. The zero-order valence-electron chi connectivity index (χ0n) is 11.4. The van der Waals surface area contributed by atoms with Gasteiger partial charge in [-0.05, 0) is 47.9 Å². The molecule has 0 aliphatic carbocycles. The van der Waals surface area contributed by atoms with Gasteiger partial charge < -0.3 is 0 Å². The van der Waals surface area contributed by atoms with Crippen LogP contribution in [0.15, 0.2) is 48.5 Å². The van der Waals surface area contributed by atoms with E-state index in [-0.39, 0.29) is 0 Å². The molecule has 0 aromatic heterocycles. The molecule has 2 rings (SSSR count). The lowest BCUT2D eigenvalue weighted by atomic mass is 9.95. The Balaban J connectivity index is 2.11. The molecule has 94 valence electrons. The van der Waals surface area contributed by atoms with Crippen LogP contribution < -0.4 is 0 Å². The maximum absolute atomic E-state index is 2.27. The highest BCUT2D eigenvalue weighted by Crippen LogP contribution is 2.16. The first-order chi connectivity index (χ1) is 8.85. The molecule has 0 atom stereocenters. The van der Waals surface area contributed by atoms with Gasteiger partial charge in [-0.2, -0.15) is 0 Å². The molecule has 2 aromatic carbocycles. The average molecular weight is 238 g/mol. The fourth-order valence-electron chi connectivity index (χ4n) is 2.56. The normalized spacial score (nSPS) is 10.6. The molecule has 2 aromatic rings. The van der Waals surface area contributed by atoms with Gasteiger partial charge in [0.05, 0.1) is 0 Å². The van der Waals surface area contributed by atoms with Crippen molar-refractivity contribution in [3.05, 3.63) is 70.8 Å². The predicted octanol–water partition coefficient (Wildman–Crippen LogP) is 4.60. The molecule has 0 saturated carbocycles. The maximum Gasteiger partial charge on any atom is -0.0235 e. The van der Waals surface area contributed by atoms with Crippen molar-refractivity contribution in [1.82, 2.24) is 0 Å². The number of hydrogen-bond acceptors (Lipinski definition) is 0. The summed E-state index contributed by atoms with van der Waals surface area (Å²) in [7, 11) is 0. The summed E-state index contributed by atoms with van der Waals surface area (Å²) in [6.07, 6.45) is 4.57. The van der Waals surface area contributed by atoms with Crippen molar-refractivity contribution in [3.63, 3.8) is 0 Å². The quantitative estimate of drug-likeness (QED) is 0.714. The molecule has 0 aliphatic heterocycles. The molecule has 0 unspecified atom stereocenters. The van der Waals surface area contributed by atoms with Gasteiger partial charge in [-0.15, -0.1) is 0 Å². The van der Waals surface area contributed by atoms with Crippen LogP contribution in [0.5, 0.6) is 0 Å². The van der Waals surface area contributed by atoms with E-state index in [0.29, 0.717) is 0 Å². The summed E-state index contributed by atoms with van der Waals surface area (Å²) in [4.78, 5) is 0. The Bertz CT molecular complexity index is 449. The Kier molecular flexibility index (Phi) is 4.58. The molecular formula is C18H22. The van der Waals surface area contributed by atoms with E-state index in [9.17, 15) is 0 Å². The Hall–Kier alpha value is -1.56. The van der Waals surface area contributed by atoms with Crippen LogP contribution in [0, 0.1) is 0 Å². The van der Waals surface area contributed by atoms with E-state index in [2.05, 4.69) is 62.4 Å². The van der Waals surface area contributed by atoms with Gasteiger partial charge in [0.15, 0.2) is 0 Å². The first-order valence-electron chi connectivity index (χ1n) is 6.98. The summed E-state index contributed by atoms with van der Waals surface area (Å²) in [5.74, 6) is 0. The number of hydrogen-bond donors (Lipinski definition) is 0.